The summed E-state index contributed by atoms with van der Waals surface area (Å²) in [5, 5.41) is 8.35. The van der Waals surface area contributed by atoms with Gasteiger partial charge in [0.15, 0.2) is 0 Å². The van der Waals surface area contributed by atoms with Gasteiger partial charge in [0.25, 0.3) is 5.56 Å². The number of ether oxygens (including phenoxy) is 1. The molecule has 2 aromatic carbocycles. The second-order valence-corrected chi connectivity index (χ2v) is 7.18. The van der Waals surface area contributed by atoms with Gasteiger partial charge in [0.05, 0.1) is 10.8 Å². The molecule has 0 fully saturated rings. The standard InChI is InChI=1S/C21H24N4O2/c1-4-25(11-10-24(2)3)13-14-8-9-17-16(12-14)20-19-15(21(26)23-22-20)6-5-7-18(19)27-17/h5-9,12H,4,10-11,13H2,1-3H3,(H,23,26). The molecule has 27 heavy (non-hydrogen) atoms. The fourth-order valence-electron chi connectivity index (χ4n) is 3.48. The molecule has 0 unspecified atom stereocenters. The maximum atomic E-state index is 12.1. The van der Waals surface area contributed by atoms with Crippen LogP contribution in [0.3, 0.4) is 0 Å². The number of likely N-dealkylation sites (N-methyl/N-ethyl adjacent to an activating group) is 2. The third-order valence-corrected chi connectivity index (χ3v) is 5.01. The van der Waals surface area contributed by atoms with E-state index in [9.17, 15) is 4.79 Å². The first-order valence-electron chi connectivity index (χ1n) is 9.26. The van der Waals surface area contributed by atoms with Crippen molar-refractivity contribution in [1.29, 1.82) is 0 Å². The maximum Gasteiger partial charge on any atom is 0.272 e. The van der Waals surface area contributed by atoms with Gasteiger partial charge >= 0.3 is 0 Å². The van der Waals surface area contributed by atoms with E-state index in [4.69, 9.17) is 4.74 Å². The minimum atomic E-state index is -0.195. The normalized spacial score (nSPS) is 12.5. The number of aromatic nitrogens is 2. The topological polar surface area (TPSA) is 61.5 Å². The molecule has 1 aliphatic heterocycles. The third kappa shape index (κ3) is 3.34. The van der Waals surface area contributed by atoms with E-state index in [-0.39, 0.29) is 5.56 Å². The van der Waals surface area contributed by atoms with Crippen molar-refractivity contribution in [3.05, 3.63) is 52.3 Å². The predicted molar refractivity (Wildman–Crippen MR) is 107 cm³/mol. The molecule has 1 aromatic heterocycles. The van der Waals surface area contributed by atoms with Gasteiger partial charge in [-0.2, -0.15) is 5.10 Å². The summed E-state index contributed by atoms with van der Waals surface area (Å²) in [5.41, 5.74) is 2.72. The summed E-state index contributed by atoms with van der Waals surface area (Å²) in [6.45, 7) is 6.08. The number of nitrogens with zero attached hydrogens (tertiary/aromatic N) is 3. The Kier molecular flexibility index (Phi) is 4.68. The Morgan fingerprint density at radius 1 is 1.11 bits per heavy atom. The summed E-state index contributed by atoms with van der Waals surface area (Å²) in [4.78, 5) is 16.7. The van der Waals surface area contributed by atoms with Crippen LogP contribution < -0.4 is 10.3 Å². The molecule has 6 heteroatoms. The van der Waals surface area contributed by atoms with Crippen molar-refractivity contribution in [2.45, 2.75) is 13.5 Å². The molecule has 0 saturated heterocycles. The second kappa shape index (κ2) is 7.13. The van der Waals surface area contributed by atoms with E-state index in [0.29, 0.717) is 11.1 Å². The molecule has 0 spiro atoms. The lowest BCUT2D eigenvalue weighted by Gasteiger charge is -2.24. The average Bonchev–Trinajstić information content (AvgIpc) is 2.67. The molecule has 6 nitrogen and oxygen atoms in total. The molecule has 0 atom stereocenters. The van der Waals surface area contributed by atoms with Gasteiger partial charge in [-0.05, 0) is 50.5 Å². The lowest BCUT2D eigenvalue weighted by molar-refractivity contribution is 0.244. The van der Waals surface area contributed by atoms with Gasteiger partial charge in [-0.15, -0.1) is 0 Å². The van der Waals surface area contributed by atoms with Crippen molar-refractivity contribution in [1.82, 2.24) is 20.0 Å². The highest BCUT2D eigenvalue weighted by molar-refractivity contribution is 6.01. The number of fused-ring (bicyclic) bond motifs is 2. The van der Waals surface area contributed by atoms with E-state index in [0.717, 1.165) is 48.6 Å². The van der Waals surface area contributed by atoms with Gasteiger partial charge < -0.3 is 9.64 Å². The molecule has 0 aliphatic carbocycles. The van der Waals surface area contributed by atoms with E-state index in [1.165, 1.54) is 5.56 Å². The Morgan fingerprint density at radius 2 is 1.96 bits per heavy atom. The van der Waals surface area contributed by atoms with Crippen molar-refractivity contribution in [2.75, 3.05) is 33.7 Å². The lowest BCUT2D eigenvalue weighted by atomic mass is 9.99. The second-order valence-electron chi connectivity index (χ2n) is 7.18. The van der Waals surface area contributed by atoms with Gasteiger partial charge in [-0.3, -0.25) is 9.69 Å². The van der Waals surface area contributed by atoms with Crippen LogP contribution >= 0.6 is 0 Å². The largest absolute Gasteiger partial charge is 0.456 e. The molecular formula is C21H24N4O2. The van der Waals surface area contributed by atoms with Crippen molar-refractivity contribution in [3.63, 3.8) is 0 Å². The van der Waals surface area contributed by atoms with Crippen LogP contribution in [0.1, 0.15) is 12.5 Å². The van der Waals surface area contributed by atoms with Crippen molar-refractivity contribution >= 4 is 10.8 Å². The van der Waals surface area contributed by atoms with E-state index < -0.39 is 0 Å². The molecule has 0 radical (unpaired) electrons. The van der Waals surface area contributed by atoms with E-state index in [1.807, 2.05) is 18.2 Å². The van der Waals surface area contributed by atoms with E-state index >= 15 is 0 Å². The minimum Gasteiger partial charge on any atom is -0.456 e. The zero-order chi connectivity index (χ0) is 19.0. The number of rotatable bonds is 6. The van der Waals surface area contributed by atoms with Gasteiger partial charge in [0.2, 0.25) is 0 Å². The van der Waals surface area contributed by atoms with Gasteiger partial charge in [-0.1, -0.05) is 19.1 Å². The average molecular weight is 364 g/mol. The van der Waals surface area contributed by atoms with Crippen LogP contribution in [0.5, 0.6) is 11.5 Å². The molecule has 1 aliphatic rings. The van der Waals surface area contributed by atoms with Crippen molar-refractivity contribution in [3.8, 4) is 22.8 Å². The summed E-state index contributed by atoms with van der Waals surface area (Å²) in [5.74, 6) is 1.46. The third-order valence-electron chi connectivity index (χ3n) is 5.01. The first kappa shape index (κ1) is 17.7. The van der Waals surface area contributed by atoms with Crippen LogP contribution in [0.4, 0.5) is 0 Å². The van der Waals surface area contributed by atoms with Crippen LogP contribution in [-0.2, 0) is 6.54 Å². The Morgan fingerprint density at radius 3 is 2.74 bits per heavy atom. The number of aromatic amines is 1. The van der Waals surface area contributed by atoms with Gasteiger partial charge in [0, 0.05) is 25.2 Å². The summed E-state index contributed by atoms with van der Waals surface area (Å²) >= 11 is 0. The van der Waals surface area contributed by atoms with E-state index in [1.54, 1.807) is 6.07 Å². The quantitative estimate of drug-likeness (QED) is 0.570. The fourth-order valence-corrected chi connectivity index (χ4v) is 3.48. The van der Waals surface area contributed by atoms with Crippen LogP contribution in [0.15, 0.2) is 41.2 Å². The molecule has 1 N–H and O–H groups in total. The number of H-pyrrole nitrogens is 1. The highest BCUT2D eigenvalue weighted by atomic mass is 16.5. The van der Waals surface area contributed by atoms with E-state index in [2.05, 4.69) is 53.1 Å². The highest BCUT2D eigenvalue weighted by Gasteiger charge is 2.23. The maximum absolute atomic E-state index is 12.1. The molecular weight excluding hydrogens is 340 g/mol. The van der Waals surface area contributed by atoms with Crippen LogP contribution in [0.25, 0.3) is 22.0 Å². The smallest absolute Gasteiger partial charge is 0.272 e. The number of benzene rings is 2. The molecule has 2 heterocycles. The first-order valence-corrected chi connectivity index (χ1v) is 9.26. The van der Waals surface area contributed by atoms with Crippen LogP contribution in [0.2, 0.25) is 0 Å². The predicted octanol–water partition coefficient (Wildman–Crippen LogP) is 3.08. The summed E-state index contributed by atoms with van der Waals surface area (Å²) < 4.78 is 6.06. The SMILES string of the molecule is CCN(CCN(C)C)Cc1ccc2c(c1)-c1n[nH]c(=O)c3cccc(c13)O2. The van der Waals surface area contributed by atoms with Gasteiger partial charge in [-0.25, -0.2) is 5.10 Å². The van der Waals surface area contributed by atoms with Crippen molar-refractivity contribution < 1.29 is 4.74 Å². The molecule has 3 aromatic rings. The molecule has 0 amide bonds. The number of hydrogen-bond donors (Lipinski definition) is 1. The lowest BCUT2D eigenvalue weighted by Crippen LogP contribution is -2.31. The Labute approximate surface area is 158 Å². The monoisotopic (exact) mass is 364 g/mol. The van der Waals surface area contributed by atoms with Crippen LogP contribution in [0, 0.1) is 0 Å². The number of nitrogens with one attached hydrogen (secondary N) is 1. The number of hydrogen-bond acceptors (Lipinski definition) is 5. The Balaban J connectivity index is 1.72. The first-order chi connectivity index (χ1) is 13.1. The Hall–Kier alpha value is -2.70. The molecule has 0 saturated carbocycles. The van der Waals surface area contributed by atoms with Gasteiger partial charge in [0.1, 0.15) is 17.2 Å². The van der Waals surface area contributed by atoms with Crippen molar-refractivity contribution in [2.24, 2.45) is 0 Å². The summed E-state index contributed by atoms with van der Waals surface area (Å²) in [7, 11) is 4.18. The van der Waals surface area contributed by atoms with Crippen LogP contribution in [-0.4, -0.2) is 53.7 Å². The highest BCUT2D eigenvalue weighted by Crippen LogP contribution is 2.44. The fraction of sp³-hybridized carbons (Fsp3) is 0.333. The zero-order valence-corrected chi connectivity index (χ0v) is 16.0. The Bertz CT molecular complexity index is 1040. The molecule has 4 rings (SSSR count). The summed E-state index contributed by atoms with van der Waals surface area (Å²) in [6, 6.07) is 11.8. The zero-order valence-electron chi connectivity index (χ0n) is 16.0. The summed E-state index contributed by atoms with van der Waals surface area (Å²) in [6.07, 6.45) is 0. The molecule has 140 valence electrons. The minimum absolute atomic E-state index is 0.195. The molecule has 0 bridgehead atoms.